The Hall–Kier alpha value is -1.08. The summed E-state index contributed by atoms with van der Waals surface area (Å²) in [5.74, 6) is -0.188. The third kappa shape index (κ3) is 3.00. The summed E-state index contributed by atoms with van der Waals surface area (Å²) in [5.41, 5.74) is 5.51. The number of nitrogens with two attached hydrogens (primary N) is 1. The zero-order valence-electron chi connectivity index (χ0n) is 9.53. The van der Waals surface area contributed by atoms with Crippen LogP contribution in [0.25, 0.3) is 0 Å². The lowest BCUT2D eigenvalue weighted by atomic mass is 9.86. The highest BCUT2D eigenvalue weighted by Gasteiger charge is 2.31. The van der Waals surface area contributed by atoms with Gasteiger partial charge in [0.15, 0.2) is 0 Å². The highest BCUT2D eigenvalue weighted by molar-refractivity contribution is 5.82. The fraction of sp³-hybridized carbons (Fsp3) is 0.800. The first-order chi connectivity index (χ1) is 6.21. The lowest BCUT2D eigenvalue weighted by Gasteiger charge is -2.30. The Bertz CT molecular complexity index is 249. The number of hydrogen-bond acceptors (Lipinski definition) is 3. The molecule has 1 amide bonds. The van der Waals surface area contributed by atoms with Crippen LogP contribution in [0.1, 0.15) is 27.7 Å². The van der Waals surface area contributed by atoms with E-state index < -0.39 is 12.1 Å². The second-order valence-corrected chi connectivity index (χ2v) is 4.60. The van der Waals surface area contributed by atoms with Crippen LogP contribution in [-0.2, 0) is 4.79 Å². The molecule has 0 aromatic carbocycles. The van der Waals surface area contributed by atoms with Gasteiger partial charge in [-0.3, -0.25) is 4.79 Å². The Labute approximate surface area is 85.7 Å². The lowest BCUT2D eigenvalue weighted by molar-refractivity contribution is -0.134. The Kier molecular flexibility index (Phi) is 4.08. The van der Waals surface area contributed by atoms with Crippen LogP contribution in [0, 0.1) is 16.7 Å². The van der Waals surface area contributed by atoms with Gasteiger partial charge in [0.1, 0.15) is 6.04 Å². The second-order valence-electron chi connectivity index (χ2n) is 4.60. The summed E-state index contributed by atoms with van der Waals surface area (Å²) in [5, 5.41) is 8.65. The molecule has 0 aliphatic heterocycles. The van der Waals surface area contributed by atoms with Gasteiger partial charge in [0.2, 0.25) is 5.91 Å². The molecular weight excluding hydrogens is 178 g/mol. The van der Waals surface area contributed by atoms with Gasteiger partial charge in [0.05, 0.1) is 12.1 Å². The largest absolute Gasteiger partial charge is 0.329 e. The van der Waals surface area contributed by atoms with Crippen LogP contribution in [0.4, 0.5) is 0 Å². The molecule has 0 saturated carbocycles. The van der Waals surface area contributed by atoms with Crippen LogP contribution in [0.5, 0.6) is 0 Å². The van der Waals surface area contributed by atoms with Crippen LogP contribution >= 0.6 is 0 Å². The van der Waals surface area contributed by atoms with E-state index >= 15 is 0 Å². The number of amides is 1. The standard InChI is InChI=1S/C10H19N3O/c1-7(6-11)13(5)9(14)8(12)10(2,3)4/h7-8H,12H2,1-5H3/t7?,8-/m1/s1. The van der Waals surface area contributed by atoms with Gasteiger partial charge in [-0.05, 0) is 12.3 Å². The zero-order valence-corrected chi connectivity index (χ0v) is 9.53. The molecule has 2 atom stereocenters. The van der Waals surface area contributed by atoms with Gasteiger partial charge in [0, 0.05) is 7.05 Å². The quantitative estimate of drug-likeness (QED) is 0.709. The van der Waals surface area contributed by atoms with Crippen molar-refractivity contribution in [1.29, 1.82) is 5.26 Å². The number of hydrogen-bond donors (Lipinski definition) is 1. The fourth-order valence-electron chi connectivity index (χ4n) is 0.867. The molecule has 0 spiro atoms. The molecule has 0 rings (SSSR count). The first-order valence-electron chi connectivity index (χ1n) is 4.63. The molecule has 0 bridgehead atoms. The third-order valence-corrected chi connectivity index (χ3v) is 2.31. The maximum Gasteiger partial charge on any atom is 0.240 e. The fourth-order valence-corrected chi connectivity index (χ4v) is 0.867. The average molecular weight is 197 g/mol. The van der Waals surface area contributed by atoms with Crippen LogP contribution in [0.15, 0.2) is 0 Å². The van der Waals surface area contributed by atoms with Gasteiger partial charge in [-0.15, -0.1) is 0 Å². The van der Waals surface area contributed by atoms with Crippen molar-refractivity contribution in [1.82, 2.24) is 4.90 Å². The maximum absolute atomic E-state index is 11.7. The predicted octanol–water partition coefficient (Wildman–Crippen LogP) is 0.730. The molecule has 0 aliphatic rings. The Morgan fingerprint density at radius 3 is 2.21 bits per heavy atom. The van der Waals surface area contributed by atoms with E-state index in [1.54, 1.807) is 14.0 Å². The van der Waals surface area contributed by atoms with Gasteiger partial charge in [-0.25, -0.2) is 0 Å². The van der Waals surface area contributed by atoms with Gasteiger partial charge in [0.25, 0.3) is 0 Å². The van der Waals surface area contributed by atoms with Crippen molar-refractivity contribution in [3.8, 4) is 6.07 Å². The SMILES string of the molecule is CC(C#N)N(C)C(=O)[C@@H](N)C(C)(C)C. The Morgan fingerprint density at radius 2 is 1.93 bits per heavy atom. The lowest BCUT2D eigenvalue weighted by Crippen LogP contribution is -2.51. The number of nitriles is 1. The highest BCUT2D eigenvalue weighted by Crippen LogP contribution is 2.19. The van der Waals surface area contributed by atoms with Crippen LogP contribution in [-0.4, -0.2) is 29.9 Å². The molecular formula is C10H19N3O. The van der Waals surface area contributed by atoms with Crippen molar-refractivity contribution in [3.05, 3.63) is 0 Å². The van der Waals surface area contributed by atoms with Gasteiger partial charge in [-0.1, -0.05) is 20.8 Å². The number of carbonyl (C=O) groups excluding carboxylic acids is 1. The highest BCUT2D eigenvalue weighted by atomic mass is 16.2. The molecule has 0 saturated heterocycles. The Balaban J connectivity index is 4.57. The first kappa shape index (κ1) is 12.9. The normalized spacial score (nSPS) is 15.5. The van der Waals surface area contributed by atoms with Crippen LogP contribution < -0.4 is 5.73 Å². The third-order valence-electron chi connectivity index (χ3n) is 2.31. The van der Waals surface area contributed by atoms with E-state index in [2.05, 4.69) is 0 Å². The molecule has 14 heavy (non-hydrogen) atoms. The minimum absolute atomic E-state index is 0.188. The zero-order chi connectivity index (χ0) is 11.5. The van der Waals surface area contributed by atoms with E-state index in [0.29, 0.717) is 0 Å². The molecule has 0 aromatic rings. The summed E-state index contributed by atoms with van der Waals surface area (Å²) < 4.78 is 0. The van der Waals surface area contributed by atoms with E-state index in [9.17, 15) is 4.79 Å². The van der Waals surface area contributed by atoms with Crippen molar-refractivity contribution >= 4 is 5.91 Å². The number of likely N-dealkylation sites (N-methyl/N-ethyl adjacent to an activating group) is 1. The average Bonchev–Trinajstić information content (AvgIpc) is 2.11. The summed E-state index contributed by atoms with van der Waals surface area (Å²) in [4.78, 5) is 13.1. The summed E-state index contributed by atoms with van der Waals surface area (Å²) in [6.45, 7) is 7.38. The molecule has 0 aliphatic carbocycles. The molecule has 2 N–H and O–H groups in total. The molecule has 0 fully saturated rings. The van der Waals surface area contributed by atoms with Gasteiger partial charge >= 0.3 is 0 Å². The monoisotopic (exact) mass is 197 g/mol. The predicted molar refractivity (Wildman–Crippen MR) is 55.3 cm³/mol. The summed E-state index contributed by atoms with van der Waals surface area (Å²) in [6.07, 6.45) is 0. The topological polar surface area (TPSA) is 70.1 Å². The minimum Gasteiger partial charge on any atom is -0.329 e. The molecule has 4 nitrogen and oxygen atoms in total. The first-order valence-corrected chi connectivity index (χ1v) is 4.63. The molecule has 0 aromatic heterocycles. The van der Waals surface area contributed by atoms with E-state index in [4.69, 9.17) is 11.0 Å². The van der Waals surface area contributed by atoms with Gasteiger partial charge < -0.3 is 10.6 Å². The number of rotatable bonds is 2. The summed E-state index contributed by atoms with van der Waals surface area (Å²) in [7, 11) is 1.60. The second kappa shape index (κ2) is 4.43. The van der Waals surface area contributed by atoms with Crippen molar-refractivity contribution in [2.75, 3.05) is 7.05 Å². The van der Waals surface area contributed by atoms with Crippen LogP contribution in [0.2, 0.25) is 0 Å². The molecule has 80 valence electrons. The molecule has 4 heteroatoms. The van der Waals surface area contributed by atoms with Crippen LogP contribution in [0.3, 0.4) is 0 Å². The summed E-state index contributed by atoms with van der Waals surface area (Å²) >= 11 is 0. The number of nitrogens with zero attached hydrogens (tertiary/aromatic N) is 2. The van der Waals surface area contributed by atoms with Crippen molar-refractivity contribution in [2.24, 2.45) is 11.1 Å². The molecule has 0 radical (unpaired) electrons. The Morgan fingerprint density at radius 1 is 1.50 bits per heavy atom. The summed E-state index contributed by atoms with van der Waals surface area (Å²) in [6, 6.07) is 1.00. The van der Waals surface area contributed by atoms with E-state index in [-0.39, 0.29) is 11.3 Å². The van der Waals surface area contributed by atoms with Gasteiger partial charge in [-0.2, -0.15) is 5.26 Å². The van der Waals surface area contributed by atoms with E-state index in [0.717, 1.165) is 0 Å². The molecule has 0 heterocycles. The maximum atomic E-state index is 11.7. The van der Waals surface area contributed by atoms with Crippen molar-refractivity contribution in [2.45, 2.75) is 39.8 Å². The smallest absolute Gasteiger partial charge is 0.240 e. The molecule has 1 unspecified atom stereocenters. The van der Waals surface area contributed by atoms with E-state index in [1.807, 2.05) is 26.8 Å². The minimum atomic E-state index is -0.566. The van der Waals surface area contributed by atoms with E-state index in [1.165, 1.54) is 4.90 Å². The van der Waals surface area contributed by atoms with Crippen molar-refractivity contribution < 1.29 is 4.79 Å². The van der Waals surface area contributed by atoms with Crippen molar-refractivity contribution in [3.63, 3.8) is 0 Å². The number of carbonyl (C=O) groups is 1.